The highest BCUT2D eigenvalue weighted by molar-refractivity contribution is 6.35. The second kappa shape index (κ2) is 47.1. The fourth-order valence-corrected chi connectivity index (χ4v) is 15.0. The molecule has 0 unspecified atom stereocenters. The van der Waals surface area contributed by atoms with Crippen molar-refractivity contribution in [2.45, 2.75) is 180 Å². The number of nitrogens with two attached hydrogens (primary N) is 1. The summed E-state index contributed by atoms with van der Waals surface area (Å²) in [5.41, 5.74) is 18.2. The zero-order valence-corrected chi connectivity index (χ0v) is 77.5. The first-order chi connectivity index (χ1) is 62.6. The van der Waals surface area contributed by atoms with Gasteiger partial charge in [-0.05, 0) is 205 Å². The first-order valence-electron chi connectivity index (χ1n) is 44.3. The number of pyridine rings is 7. The van der Waals surface area contributed by atoms with E-state index in [9.17, 15) is 48.3 Å². The van der Waals surface area contributed by atoms with Gasteiger partial charge < -0.3 is 50.4 Å². The van der Waals surface area contributed by atoms with Crippen LogP contribution in [0.15, 0.2) is 268 Å². The van der Waals surface area contributed by atoms with Crippen molar-refractivity contribution in [2.75, 3.05) is 5.84 Å². The van der Waals surface area contributed by atoms with E-state index >= 15 is 0 Å². The average molecular weight is 1790 g/mol. The van der Waals surface area contributed by atoms with Gasteiger partial charge in [0.25, 0.3) is 16.7 Å². The Morgan fingerprint density at radius 2 is 0.785 bits per heavy atom. The summed E-state index contributed by atoms with van der Waals surface area (Å²) in [4.78, 5) is 136. The molecule has 24 heteroatoms. The predicted octanol–water partition coefficient (Wildman–Crippen LogP) is 20.8. The van der Waals surface area contributed by atoms with Crippen molar-refractivity contribution in [3.63, 3.8) is 0 Å². The largest absolute Gasteiger partial charge is 0.507 e. The summed E-state index contributed by atoms with van der Waals surface area (Å²) in [6.45, 7) is 26.8. The number of nitrogen functional groups attached to an aromatic ring is 1. The number of nitrogens with one attached hydrogen (secondary N) is 7. The number of aromatic amines is 7. The van der Waals surface area contributed by atoms with Crippen LogP contribution in [0.4, 0.5) is 0 Å². The second-order valence-electron chi connectivity index (χ2n) is 31.4. The lowest BCUT2D eigenvalue weighted by molar-refractivity contribution is 0.479. The molecular weight excluding hydrogens is 1670 g/mol. The highest BCUT2D eigenvalue weighted by Crippen LogP contribution is 2.24. The third kappa shape index (κ3) is 25.7. The molecule has 9 heterocycles. The number of para-hydroxylation sites is 4. The molecule has 0 amide bonds. The van der Waals surface area contributed by atoms with Crippen LogP contribution in [-0.2, 0) is 64.3 Å². The molecule has 0 atom stereocenters. The molecule has 18 rings (SSSR count). The third-order valence-electron chi connectivity index (χ3n) is 21.9. The minimum atomic E-state index is -0.188. The SMILES string of the molecule is CCCCCCc1ccc2[nH]c(CC)cc(=O)c2c1.CCc1cc(=O)c2cc(C)ccc2[nH]1.CCc1cc(=O)c2cc(C)ccc2[nH]1.CCc1cc(=O)c2cc(Cl)ccc2[nH]1.CCc1cc(=O)c2ccc(C)cc2[nH]1.CCc1cc(=O)c2cccc(Cl)c2[nH]1.CCc1nc2ccccc2c(=O)[nH]1.CCc1nc2ccccc2c(=O)n1N.CCn1c(=O)cc(O)c2ccccc21. The van der Waals surface area contributed by atoms with Crippen LogP contribution >= 0.6 is 23.2 Å². The van der Waals surface area contributed by atoms with Crippen molar-refractivity contribution >= 4 is 121 Å². The number of hydrogen-bond donors (Lipinski definition) is 9. The van der Waals surface area contributed by atoms with Crippen LogP contribution in [0.1, 0.15) is 163 Å². The lowest BCUT2D eigenvalue weighted by atomic mass is 10.0. The summed E-state index contributed by atoms with van der Waals surface area (Å²) in [6, 6.07) is 67.7. The summed E-state index contributed by atoms with van der Waals surface area (Å²) in [5.74, 6) is 7.00. The highest BCUT2D eigenvalue weighted by Gasteiger charge is 2.12. The number of halogens is 2. The Morgan fingerprint density at radius 3 is 1.30 bits per heavy atom. The van der Waals surface area contributed by atoms with Crippen LogP contribution in [0, 0.1) is 20.8 Å². The molecule has 130 heavy (non-hydrogen) atoms. The van der Waals surface area contributed by atoms with Crippen molar-refractivity contribution in [3.05, 3.63) is 395 Å². The van der Waals surface area contributed by atoms with Gasteiger partial charge in [-0.25, -0.2) is 14.6 Å². The Hall–Kier alpha value is -14.1. The molecule has 0 aliphatic heterocycles. The number of benzene rings is 9. The molecule has 18 aromatic rings. The third-order valence-corrected chi connectivity index (χ3v) is 22.5. The van der Waals surface area contributed by atoms with Crippen LogP contribution in [-0.4, -0.2) is 59.2 Å². The fraction of sp³-hybridized carbons (Fsp3) is 0.255. The van der Waals surface area contributed by atoms with E-state index in [1.54, 1.807) is 95.6 Å². The molecule has 0 saturated carbocycles. The highest BCUT2D eigenvalue weighted by atomic mass is 35.5. The maximum atomic E-state index is 12.1. The number of unbranched alkanes of at least 4 members (excludes halogenated alkanes) is 3. The van der Waals surface area contributed by atoms with Crippen LogP contribution in [0.2, 0.25) is 10.0 Å². The van der Waals surface area contributed by atoms with Crippen LogP contribution in [0.25, 0.3) is 98.1 Å². The first kappa shape index (κ1) is 98.1. The number of H-pyrrole nitrogens is 7. The maximum Gasteiger partial charge on any atom is 0.279 e. The molecule has 672 valence electrons. The van der Waals surface area contributed by atoms with E-state index in [4.69, 9.17) is 29.0 Å². The molecule has 22 nitrogen and oxygen atoms in total. The predicted molar refractivity (Wildman–Crippen MR) is 539 cm³/mol. The number of nitrogens with zero attached hydrogens (tertiary/aromatic N) is 4. The van der Waals surface area contributed by atoms with Crippen molar-refractivity contribution < 1.29 is 5.11 Å². The standard InChI is InChI=1S/C17H23NO.3C12H13NO.2C11H10ClNO.C11H11NO2.C10H11N3O.C10H10N2O/c1-3-5-6-7-8-13-9-10-16-15(11-13)17(19)12-14(4-2)18-16;2*1-3-9-7-12(14)10-6-8(2)4-5-11(10)13-9;1-3-9-7-12(14)10-5-4-8(2)6-11(10)13-9;1-2-8-6-11(14)9-5-7(12)3-4-10(9)13-8;1-2-7-6-10(14)8-4-3-5-9(12)11(8)13-7;1-2-12-9-6-4-3-5-8(9)10(13)7-11(12)14;1-2-9-12-8-6-4-3-5-7(8)10(14)13(9)11;1-2-9-11-8-6-4-3-5-7(8)10(13)12-9/h9-12H,3-8H2,1-2H3,(H,18,19);3*4-7H,3H2,1-2H3,(H,13,14);2*3-6H,2H2,1H3,(H,13,14);3-7,13H,2H2,1H3;3-6H,2,11H2,1H3;3-6H,2H2,1H3,(H,11,12,13). The summed E-state index contributed by atoms with van der Waals surface area (Å²) in [7, 11) is 0. The zero-order valence-electron chi connectivity index (χ0n) is 76.0. The Labute approximate surface area is 762 Å². The van der Waals surface area contributed by atoms with Crippen molar-refractivity contribution in [2.24, 2.45) is 0 Å². The number of aromatic nitrogens is 11. The van der Waals surface area contributed by atoms with Crippen LogP contribution in [0.3, 0.4) is 0 Å². The van der Waals surface area contributed by atoms with E-state index in [1.807, 2.05) is 191 Å². The van der Waals surface area contributed by atoms with Gasteiger partial charge in [0.2, 0.25) is 0 Å². The molecule has 9 aromatic carbocycles. The Morgan fingerprint density at radius 1 is 0.354 bits per heavy atom. The summed E-state index contributed by atoms with van der Waals surface area (Å²) < 4.78 is 2.75. The van der Waals surface area contributed by atoms with Crippen molar-refractivity contribution in [1.29, 1.82) is 0 Å². The van der Waals surface area contributed by atoms with Crippen LogP contribution < -0.4 is 55.1 Å². The van der Waals surface area contributed by atoms with E-state index in [2.05, 4.69) is 70.8 Å². The molecule has 10 N–H and O–H groups in total. The summed E-state index contributed by atoms with van der Waals surface area (Å²) >= 11 is 11.8. The number of hydrogen-bond acceptors (Lipinski definition) is 13. The van der Waals surface area contributed by atoms with E-state index in [1.165, 1.54) is 42.9 Å². The summed E-state index contributed by atoms with van der Waals surface area (Å²) in [5, 5.41) is 17.1. The van der Waals surface area contributed by atoms with E-state index < -0.39 is 0 Å². The van der Waals surface area contributed by atoms with Gasteiger partial charge >= 0.3 is 0 Å². The number of aryl methyl sites for hydroxylation is 13. The van der Waals surface area contributed by atoms with Crippen LogP contribution in [0.5, 0.6) is 5.75 Å². The first-order valence-corrected chi connectivity index (χ1v) is 45.0. The average Bonchev–Trinajstić information content (AvgIpc) is 0.754. The van der Waals surface area contributed by atoms with Gasteiger partial charge in [0.15, 0.2) is 32.6 Å². The molecule has 0 saturated heterocycles. The van der Waals surface area contributed by atoms with Gasteiger partial charge in [-0.1, -0.05) is 183 Å². The fourth-order valence-electron chi connectivity index (χ4n) is 14.6. The monoisotopic (exact) mass is 1780 g/mol. The van der Waals surface area contributed by atoms with Crippen molar-refractivity contribution in [3.8, 4) is 5.75 Å². The Bertz CT molecular complexity index is 7360. The minimum Gasteiger partial charge on any atom is -0.507 e. The van der Waals surface area contributed by atoms with Gasteiger partial charge in [-0.15, -0.1) is 0 Å². The molecule has 0 spiro atoms. The number of fused-ring (bicyclic) bond motifs is 9. The molecule has 0 fully saturated rings. The number of aromatic hydroxyl groups is 1. The Balaban J connectivity index is 0.000000152. The van der Waals surface area contributed by atoms with Gasteiger partial charge in [0.05, 0.1) is 37.9 Å². The quantitative estimate of drug-likeness (QED) is 0.0362. The van der Waals surface area contributed by atoms with E-state index in [0.717, 1.165) is 173 Å². The lowest BCUT2D eigenvalue weighted by Gasteiger charge is -2.07. The normalized spacial score (nSPS) is 10.7. The van der Waals surface area contributed by atoms with E-state index in [0.29, 0.717) is 61.3 Å². The van der Waals surface area contributed by atoms with Gasteiger partial charge in [0.1, 0.15) is 17.4 Å². The zero-order chi connectivity index (χ0) is 93.8. The van der Waals surface area contributed by atoms with E-state index in [-0.39, 0.29) is 55.0 Å². The number of rotatable bonds is 14. The Kier molecular flexibility index (Phi) is 35.5. The molecule has 0 aliphatic carbocycles. The van der Waals surface area contributed by atoms with Gasteiger partial charge in [-0.3, -0.25) is 43.2 Å². The second-order valence-corrected chi connectivity index (χ2v) is 32.2. The molecule has 0 aliphatic rings. The molecule has 0 bridgehead atoms. The van der Waals surface area contributed by atoms with Crippen molar-refractivity contribution in [1.82, 2.24) is 54.1 Å². The molecule has 9 aromatic heterocycles. The van der Waals surface area contributed by atoms with Gasteiger partial charge in [-0.2, -0.15) is 0 Å². The minimum absolute atomic E-state index is 0.0260. The smallest absolute Gasteiger partial charge is 0.279 e. The maximum absolute atomic E-state index is 12.1. The molecule has 0 radical (unpaired) electrons. The molecular formula is C106H114Cl2N12O10. The van der Waals surface area contributed by atoms with Gasteiger partial charge in [0, 0.05) is 166 Å². The topological polar surface area (TPSA) is 346 Å². The lowest BCUT2D eigenvalue weighted by Crippen LogP contribution is -2.31. The summed E-state index contributed by atoms with van der Waals surface area (Å²) in [6.07, 6.45) is 12.6.